The second kappa shape index (κ2) is 9.22. The number of likely N-dealkylation sites (N-methyl/N-ethyl adjacent to an activating group) is 1. The van der Waals surface area contributed by atoms with E-state index in [-0.39, 0.29) is 11.9 Å². The molecule has 2 fully saturated rings. The summed E-state index contributed by atoms with van der Waals surface area (Å²) in [5, 5.41) is 2.89. The summed E-state index contributed by atoms with van der Waals surface area (Å²) in [5.74, 6) is 0.424. The van der Waals surface area contributed by atoms with Gasteiger partial charge in [0.2, 0.25) is 0 Å². The van der Waals surface area contributed by atoms with Crippen LogP contribution in [-0.2, 0) is 0 Å². The van der Waals surface area contributed by atoms with Crippen LogP contribution in [0.5, 0.6) is 0 Å². The summed E-state index contributed by atoms with van der Waals surface area (Å²) in [6.07, 6.45) is 3.08. The second-order valence-corrected chi connectivity index (χ2v) is 7.70. The SMILES string of the molecule is CCNC(=O)N1CCC[C@@H](c2cccc(C(=O)N3CCCN(C)CC3)c2)C1. The Kier molecular flexibility index (Phi) is 6.72. The summed E-state index contributed by atoms with van der Waals surface area (Å²) in [6, 6.07) is 8.06. The smallest absolute Gasteiger partial charge is 0.317 e. The lowest BCUT2D eigenvalue weighted by molar-refractivity contribution is 0.0762. The van der Waals surface area contributed by atoms with Crippen molar-refractivity contribution in [2.45, 2.75) is 32.1 Å². The molecular formula is C21H32N4O2. The third-order valence-electron chi connectivity index (χ3n) is 5.65. The third kappa shape index (κ3) is 5.01. The fraction of sp³-hybridized carbons (Fsp3) is 0.619. The van der Waals surface area contributed by atoms with Crippen LogP contribution in [-0.4, -0.2) is 79.5 Å². The van der Waals surface area contributed by atoms with E-state index in [0.29, 0.717) is 12.5 Å². The molecule has 2 heterocycles. The molecular weight excluding hydrogens is 340 g/mol. The molecule has 2 aliphatic rings. The maximum Gasteiger partial charge on any atom is 0.317 e. The number of hydrogen-bond donors (Lipinski definition) is 1. The molecule has 0 aromatic heterocycles. The highest BCUT2D eigenvalue weighted by molar-refractivity contribution is 5.94. The first-order chi connectivity index (χ1) is 13.1. The fourth-order valence-electron chi connectivity index (χ4n) is 4.05. The molecule has 27 heavy (non-hydrogen) atoms. The monoisotopic (exact) mass is 372 g/mol. The van der Waals surface area contributed by atoms with Gasteiger partial charge in [-0.3, -0.25) is 4.79 Å². The molecule has 1 aromatic carbocycles. The van der Waals surface area contributed by atoms with Crippen molar-refractivity contribution in [2.24, 2.45) is 0 Å². The Labute approximate surface area is 162 Å². The molecule has 6 nitrogen and oxygen atoms in total. The summed E-state index contributed by atoms with van der Waals surface area (Å²) < 4.78 is 0. The maximum absolute atomic E-state index is 13.0. The highest BCUT2D eigenvalue weighted by atomic mass is 16.2. The number of benzene rings is 1. The third-order valence-corrected chi connectivity index (χ3v) is 5.65. The van der Waals surface area contributed by atoms with E-state index in [9.17, 15) is 9.59 Å². The molecule has 1 atom stereocenters. The summed E-state index contributed by atoms with van der Waals surface area (Å²) in [7, 11) is 2.11. The Morgan fingerprint density at radius 3 is 2.70 bits per heavy atom. The zero-order valence-electron chi connectivity index (χ0n) is 16.6. The van der Waals surface area contributed by atoms with E-state index in [4.69, 9.17) is 0 Å². The van der Waals surface area contributed by atoms with Crippen molar-refractivity contribution in [1.82, 2.24) is 20.0 Å². The number of carbonyl (C=O) groups excluding carboxylic acids is 2. The number of carbonyl (C=O) groups is 2. The number of piperidine rings is 1. The lowest BCUT2D eigenvalue weighted by Gasteiger charge is -2.33. The number of nitrogens with zero attached hydrogens (tertiary/aromatic N) is 3. The topological polar surface area (TPSA) is 55.9 Å². The average Bonchev–Trinajstić information content (AvgIpc) is 2.92. The first-order valence-corrected chi connectivity index (χ1v) is 10.2. The molecule has 3 amide bonds. The molecule has 148 valence electrons. The van der Waals surface area contributed by atoms with Gasteiger partial charge in [0.15, 0.2) is 0 Å². The van der Waals surface area contributed by atoms with Gasteiger partial charge in [0.1, 0.15) is 0 Å². The molecule has 0 radical (unpaired) electrons. The van der Waals surface area contributed by atoms with Crippen molar-refractivity contribution in [3.63, 3.8) is 0 Å². The van der Waals surface area contributed by atoms with Gasteiger partial charge in [-0.25, -0.2) is 4.79 Å². The highest BCUT2D eigenvalue weighted by Gasteiger charge is 2.25. The first-order valence-electron chi connectivity index (χ1n) is 10.2. The van der Waals surface area contributed by atoms with Crippen LogP contribution in [0.3, 0.4) is 0 Å². The summed E-state index contributed by atoms with van der Waals surface area (Å²) in [5.41, 5.74) is 1.94. The summed E-state index contributed by atoms with van der Waals surface area (Å²) in [6.45, 7) is 7.69. The van der Waals surface area contributed by atoms with Crippen LogP contribution < -0.4 is 5.32 Å². The Morgan fingerprint density at radius 1 is 1.07 bits per heavy atom. The molecule has 6 heteroatoms. The Balaban J connectivity index is 1.69. The van der Waals surface area contributed by atoms with E-state index in [1.807, 2.05) is 34.9 Å². The molecule has 1 aromatic rings. The Bertz CT molecular complexity index is 663. The number of likely N-dealkylation sites (tertiary alicyclic amines) is 1. The van der Waals surface area contributed by atoms with E-state index < -0.39 is 0 Å². The zero-order chi connectivity index (χ0) is 19.2. The van der Waals surface area contributed by atoms with Gasteiger partial charge in [0.05, 0.1) is 0 Å². The second-order valence-electron chi connectivity index (χ2n) is 7.70. The number of amides is 3. The number of rotatable bonds is 3. The van der Waals surface area contributed by atoms with Gasteiger partial charge in [0.25, 0.3) is 5.91 Å². The normalized spacial score (nSPS) is 21.6. The standard InChI is InChI=1S/C21H32N4O2/c1-3-22-21(27)25-11-5-9-19(16-25)17-7-4-8-18(15-17)20(26)24-12-6-10-23(2)13-14-24/h4,7-8,15,19H,3,5-6,9-14,16H2,1-2H3,(H,22,27)/t19-/m1/s1. The van der Waals surface area contributed by atoms with Crippen LogP contribution in [0.25, 0.3) is 0 Å². The quantitative estimate of drug-likeness (QED) is 0.886. The van der Waals surface area contributed by atoms with Gasteiger partial charge in [-0.1, -0.05) is 12.1 Å². The molecule has 3 rings (SSSR count). The number of nitrogens with one attached hydrogen (secondary N) is 1. The highest BCUT2D eigenvalue weighted by Crippen LogP contribution is 2.28. The largest absolute Gasteiger partial charge is 0.338 e. The van der Waals surface area contributed by atoms with Crippen molar-refractivity contribution in [3.05, 3.63) is 35.4 Å². The van der Waals surface area contributed by atoms with Crippen LogP contribution in [0.4, 0.5) is 4.79 Å². The Hall–Kier alpha value is -2.08. The molecule has 0 spiro atoms. The van der Waals surface area contributed by atoms with Gasteiger partial charge >= 0.3 is 6.03 Å². The van der Waals surface area contributed by atoms with Crippen LogP contribution in [0.1, 0.15) is 48.0 Å². The van der Waals surface area contributed by atoms with E-state index in [1.165, 1.54) is 5.56 Å². The van der Waals surface area contributed by atoms with E-state index >= 15 is 0 Å². The van der Waals surface area contributed by atoms with E-state index in [0.717, 1.165) is 64.1 Å². The van der Waals surface area contributed by atoms with Crippen molar-refractivity contribution in [2.75, 3.05) is 52.9 Å². The minimum Gasteiger partial charge on any atom is -0.338 e. The average molecular weight is 373 g/mol. The lowest BCUT2D eigenvalue weighted by Crippen LogP contribution is -2.44. The summed E-state index contributed by atoms with van der Waals surface area (Å²) >= 11 is 0. The minimum absolute atomic E-state index is 0.0168. The van der Waals surface area contributed by atoms with Gasteiger partial charge < -0.3 is 20.0 Å². The van der Waals surface area contributed by atoms with E-state index in [1.54, 1.807) is 0 Å². The molecule has 0 saturated carbocycles. The molecule has 0 aliphatic carbocycles. The van der Waals surface area contributed by atoms with Crippen molar-refractivity contribution < 1.29 is 9.59 Å². The van der Waals surface area contributed by atoms with E-state index in [2.05, 4.69) is 23.3 Å². The predicted octanol–water partition coefficient (Wildman–Crippen LogP) is 2.37. The van der Waals surface area contributed by atoms with Gasteiger partial charge in [-0.2, -0.15) is 0 Å². The summed E-state index contributed by atoms with van der Waals surface area (Å²) in [4.78, 5) is 31.3. The molecule has 2 saturated heterocycles. The molecule has 1 N–H and O–H groups in total. The van der Waals surface area contributed by atoms with Crippen LogP contribution in [0.15, 0.2) is 24.3 Å². The van der Waals surface area contributed by atoms with Gasteiger partial charge in [0, 0.05) is 50.7 Å². The first kappa shape index (κ1) is 19.7. The zero-order valence-corrected chi connectivity index (χ0v) is 16.6. The van der Waals surface area contributed by atoms with Crippen LogP contribution in [0.2, 0.25) is 0 Å². The van der Waals surface area contributed by atoms with Gasteiger partial charge in [-0.15, -0.1) is 0 Å². The van der Waals surface area contributed by atoms with Crippen molar-refractivity contribution in [1.29, 1.82) is 0 Å². The lowest BCUT2D eigenvalue weighted by atomic mass is 9.89. The molecule has 0 bridgehead atoms. The van der Waals surface area contributed by atoms with Crippen molar-refractivity contribution in [3.8, 4) is 0 Å². The maximum atomic E-state index is 13.0. The fourth-order valence-corrected chi connectivity index (χ4v) is 4.05. The van der Waals surface area contributed by atoms with Crippen molar-refractivity contribution >= 4 is 11.9 Å². The minimum atomic E-state index is 0.0168. The van der Waals surface area contributed by atoms with Crippen LogP contribution in [0, 0.1) is 0 Å². The Morgan fingerprint density at radius 2 is 1.89 bits per heavy atom. The van der Waals surface area contributed by atoms with Gasteiger partial charge in [-0.05, 0) is 57.5 Å². The predicted molar refractivity (Wildman–Crippen MR) is 107 cm³/mol. The van der Waals surface area contributed by atoms with Crippen LogP contribution >= 0.6 is 0 Å². The number of urea groups is 1. The molecule has 2 aliphatic heterocycles. The molecule has 0 unspecified atom stereocenters. The number of hydrogen-bond acceptors (Lipinski definition) is 3.